The van der Waals surface area contributed by atoms with Gasteiger partial charge in [-0.25, -0.2) is 5.43 Å². The smallest absolute Gasteiger partial charge is 0.259 e. The predicted octanol–water partition coefficient (Wildman–Crippen LogP) is 1.52. The lowest BCUT2D eigenvalue weighted by Gasteiger charge is -2.07. The Morgan fingerprint density at radius 1 is 0.929 bits per heavy atom. The summed E-state index contributed by atoms with van der Waals surface area (Å²) in [7, 11) is 4.67. The molecule has 8 nitrogen and oxygen atoms in total. The summed E-state index contributed by atoms with van der Waals surface area (Å²) in [6.07, 6.45) is 1.62. The highest BCUT2D eigenvalue weighted by molar-refractivity contribution is 5.88. The maximum atomic E-state index is 11.9. The minimum atomic E-state index is -0.438. The largest absolute Gasteiger partial charge is 0.497 e. The van der Waals surface area contributed by atoms with E-state index in [2.05, 4.69) is 15.8 Å². The SMILES string of the molecule is COc1ccc(CC(=O)NCC(=O)N/N=C/c2ccc(OC)cc2OC)cc1. The van der Waals surface area contributed by atoms with Crippen molar-refractivity contribution in [2.75, 3.05) is 27.9 Å². The van der Waals surface area contributed by atoms with Crippen molar-refractivity contribution in [2.24, 2.45) is 5.10 Å². The predicted molar refractivity (Wildman–Crippen MR) is 105 cm³/mol. The average molecular weight is 385 g/mol. The Morgan fingerprint density at radius 2 is 1.61 bits per heavy atom. The zero-order chi connectivity index (χ0) is 20.4. The molecule has 2 amide bonds. The third kappa shape index (κ3) is 6.31. The minimum Gasteiger partial charge on any atom is -0.497 e. The molecule has 0 unspecified atom stereocenters. The second-order valence-electron chi connectivity index (χ2n) is 5.70. The summed E-state index contributed by atoms with van der Waals surface area (Å²) >= 11 is 0. The molecule has 0 aliphatic heterocycles. The van der Waals surface area contributed by atoms with Crippen molar-refractivity contribution >= 4 is 18.0 Å². The molecule has 0 saturated heterocycles. The van der Waals surface area contributed by atoms with E-state index in [4.69, 9.17) is 14.2 Å². The molecule has 8 heteroatoms. The normalized spacial score (nSPS) is 10.4. The Bertz CT molecular complexity index is 834. The van der Waals surface area contributed by atoms with Gasteiger partial charge in [-0.2, -0.15) is 5.10 Å². The summed E-state index contributed by atoms with van der Waals surface area (Å²) in [4.78, 5) is 23.7. The first-order valence-corrected chi connectivity index (χ1v) is 8.49. The zero-order valence-electron chi connectivity index (χ0n) is 16.0. The van der Waals surface area contributed by atoms with Gasteiger partial charge in [0.05, 0.1) is 40.5 Å². The third-order valence-electron chi connectivity index (χ3n) is 3.80. The van der Waals surface area contributed by atoms with Crippen LogP contribution in [0, 0.1) is 0 Å². The molecule has 0 radical (unpaired) electrons. The van der Waals surface area contributed by atoms with Crippen molar-refractivity contribution in [3.05, 3.63) is 53.6 Å². The molecule has 2 aromatic carbocycles. The van der Waals surface area contributed by atoms with Crippen LogP contribution in [0.4, 0.5) is 0 Å². The highest BCUT2D eigenvalue weighted by Gasteiger charge is 2.07. The second kappa shape index (κ2) is 10.6. The third-order valence-corrected chi connectivity index (χ3v) is 3.80. The van der Waals surface area contributed by atoms with Gasteiger partial charge in [-0.1, -0.05) is 12.1 Å². The lowest BCUT2D eigenvalue weighted by Crippen LogP contribution is -2.35. The van der Waals surface area contributed by atoms with Crippen molar-refractivity contribution in [3.8, 4) is 17.2 Å². The van der Waals surface area contributed by atoms with Gasteiger partial charge in [-0.15, -0.1) is 0 Å². The van der Waals surface area contributed by atoms with E-state index in [9.17, 15) is 9.59 Å². The van der Waals surface area contributed by atoms with E-state index in [1.54, 1.807) is 56.7 Å². The van der Waals surface area contributed by atoms with Crippen LogP contribution in [0.15, 0.2) is 47.6 Å². The minimum absolute atomic E-state index is 0.170. The standard InChI is InChI=1S/C20H23N3O5/c1-26-16-7-4-14(5-8-16)10-19(24)21-13-20(25)23-22-12-15-6-9-17(27-2)11-18(15)28-3/h4-9,11-12H,10,13H2,1-3H3,(H,21,24)(H,23,25)/b22-12+. The Labute approximate surface area is 163 Å². The average Bonchev–Trinajstić information content (AvgIpc) is 2.73. The number of ether oxygens (including phenoxy) is 3. The molecule has 2 rings (SSSR count). The van der Waals surface area contributed by atoms with E-state index in [0.29, 0.717) is 17.1 Å². The molecule has 0 heterocycles. The van der Waals surface area contributed by atoms with Gasteiger partial charge in [0.1, 0.15) is 17.2 Å². The van der Waals surface area contributed by atoms with E-state index in [1.165, 1.54) is 13.3 Å². The van der Waals surface area contributed by atoms with Crippen molar-refractivity contribution < 1.29 is 23.8 Å². The number of methoxy groups -OCH3 is 3. The van der Waals surface area contributed by atoms with Crippen LogP contribution in [-0.4, -0.2) is 45.9 Å². The molecule has 0 atom stereocenters. The summed E-state index contributed by atoms with van der Waals surface area (Å²) in [5.41, 5.74) is 3.85. The van der Waals surface area contributed by atoms with Gasteiger partial charge in [0.15, 0.2) is 0 Å². The number of amides is 2. The van der Waals surface area contributed by atoms with Crippen LogP contribution in [0.2, 0.25) is 0 Å². The molecule has 28 heavy (non-hydrogen) atoms. The molecule has 0 spiro atoms. The molecule has 148 valence electrons. The van der Waals surface area contributed by atoms with Gasteiger partial charge in [0, 0.05) is 11.6 Å². The van der Waals surface area contributed by atoms with E-state index in [1.807, 2.05) is 0 Å². The van der Waals surface area contributed by atoms with Gasteiger partial charge >= 0.3 is 0 Å². The van der Waals surface area contributed by atoms with Crippen molar-refractivity contribution in [1.29, 1.82) is 0 Å². The molecule has 0 aliphatic carbocycles. The van der Waals surface area contributed by atoms with Crippen molar-refractivity contribution in [3.63, 3.8) is 0 Å². The first kappa shape index (κ1) is 20.8. The Balaban J connectivity index is 1.79. The summed E-state index contributed by atoms with van der Waals surface area (Å²) in [5.74, 6) is 1.23. The molecule has 2 N–H and O–H groups in total. The van der Waals surface area contributed by atoms with Gasteiger partial charge in [0.25, 0.3) is 5.91 Å². The molecule has 0 aliphatic rings. The fourth-order valence-electron chi connectivity index (χ4n) is 2.31. The summed E-state index contributed by atoms with van der Waals surface area (Å²) in [6.45, 7) is -0.175. The van der Waals surface area contributed by atoms with Crippen LogP contribution in [0.5, 0.6) is 17.2 Å². The number of hydrazone groups is 1. The van der Waals surface area contributed by atoms with Gasteiger partial charge in [0.2, 0.25) is 5.91 Å². The van der Waals surface area contributed by atoms with Crippen LogP contribution in [-0.2, 0) is 16.0 Å². The van der Waals surface area contributed by atoms with Crippen molar-refractivity contribution in [1.82, 2.24) is 10.7 Å². The lowest BCUT2D eigenvalue weighted by atomic mass is 10.1. The second-order valence-corrected chi connectivity index (χ2v) is 5.70. The summed E-state index contributed by atoms with van der Waals surface area (Å²) in [5, 5.41) is 6.42. The highest BCUT2D eigenvalue weighted by atomic mass is 16.5. The van der Waals surface area contributed by atoms with E-state index in [-0.39, 0.29) is 18.9 Å². The Hall–Kier alpha value is -3.55. The number of nitrogens with one attached hydrogen (secondary N) is 2. The molecule has 0 bridgehead atoms. The quantitative estimate of drug-likeness (QED) is 0.504. The first-order chi connectivity index (χ1) is 13.5. The lowest BCUT2D eigenvalue weighted by molar-refractivity contribution is -0.125. The fourth-order valence-corrected chi connectivity index (χ4v) is 2.31. The Morgan fingerprint density at radius 3 is 2.25 bits per heavy atom. The maximum absolute atomic E-state index is 11.9. The molecule has 2 aromatic rings. The molecule has 0 fully saturated rings. The van der Waals surface area contributed by atoms with Crippen LogP contribution < -0.4 is 25.0 Å². The monoisotopic (exact) mass is 385 g/mol. The van der Waals surface area contributed by atoms with Crippen LogP contribution >= 0.6 is 0 Å². The number of nitrogens with zero attached hydrogens (tertiary/aromatic N) is 1. The number of carbonyl (C=O) groups excluding carboxylic acids is 2. The number of rotatable bonds is 9. The van der Waals surface area contributed by atoms with E-state index < -0.39 is 5.91 Å². The first-order valence-electron chi connectivity index (χ1n) is 8.49. The summed E-state index contributed by atoms with van der Waals surface area (Å²) in [6, 6.07) is 12.4. The molecular formula is C20H23N3O5. The van der Waals surface area contributed by atoms with Gasteiger partial charge < -0.3 is 19.5 Å². The van der Waals surface area contributed by atoms with E-state index in [0.717, 1.165) is 11.3 Å². The fraction of sp³-hybridized carbons (Fsp3) is 0.250. The molecular weight excluding hydrogens is 362 g/mol. The van der Waals surface area contributed by atoms with Gasteiger partial charge in [-0.3, -0.25) is 9.59 Å². The number of hydrogen-bond donors (Lipinski definition) is 2. The number of carbonyl (C=O) groups is 2. The van der Waals surface area contributed by atoms with E-state index >= 15 is 0 Å². The van der Waals surface area contributed by atoms with Gasteiger partial charge in [-0.05, 0) is 29.8 Å². The van der Waals surface area contributed by atoms with Crippen LogP contribution in [0.1, 0.15) is 11.1 Å². The summed E-state index contributed by atoms with van der Waals surface area (Å²) < 4.78 is 15.4. The van der Waals surface area contributed by atoms with Crippen LogP contribution in [0.3, 0.4) is 0 Å². The highest BCUT2D eigenvalue weighted by Crippen LogP contribution is 2.22. The molecule has 0 saturated carbocycles. The number of hydrogen-bond acceptors (Lipinski definition) is 6. The Kier molecular flexibility index (Phi) is 7.83. The topological polar surface area (TPSA) is 98.2 Å². The number of benzene rings is 2. The zero-order valence-corrected chi connectivity index (χ0v) is 16.0. The maximum Gasteiger partial charge on any atom is 0.259 e. The van der Waals surface area contributed by atoms with Crippen LogP contribution in [0.25, 0.3) is 0 Å². The van der Waals surface area contributed by atoms with Crippen molar-refractivity contribution in [2.45, 2.75) is 6.42 Å². The molecule has 0 aromatic heterocycles.